The minimum Gasteiger partial charge on any atom is -0.461 e. The first-order chi connectivity index (χ1) is 12.4. The number of unbranched alkanes of at least 4 members (excludes halogenated alkanes) is 5. The van der Waals surface area contributed by atoms with Gasteiger partial charge in [-0.05, 0) is 23.2 Å². The van der Waals surface area contributed by atoms with Crippen LogP contribution in [0.3, 0.4) is 0 Å². The lowest BCUT2D eigenvalue weighted by Crippen LogP contribution is -2.26. The third-order valence-electron chi connectivity index (χ3n) is 4.39. The smallest absolute Gasteiger partial charge is 0.200 e. The van der Waals surface area contributed by atoms with Crippen molar-refractivity contribution in [1.29, 1.82) is 0 Å². The molecule has 0 aromatic heterocycles. The predicted octanol–water partition coefficient (Wildman–Crippen LogP) is 6.05. The Morgan fingerprint density at radius 1 is 0.704 bits per heavy atom. The lowest BCUT2D eigenvalue weighted by molar-refractivity contribution is 0.551. The van der Waals surface area contributed by atoms with E-state index < -0.39 is 18.1 Å². The topological polar surface area (TPSA) is 18.5 Å². The summed E-state index contributed by atoms with van der Waals surface area (Å²) in [7, 11) is -1.32. The molecule has 0 saturated carbocycles. The maximum absolute atomic E-state index is 5.65. The molecule has 2 nitrogen and oxygen atoms in total. The van der Waals surface area contributed by atoms with Crippen LogP contribution in [0.4, 0.5) is 0 Å². The monoisotopic (exact) mass is 462 g/mol. The molecule has 0 aromatic rings. The van der Waals surface area contributed by atoms with Gasteiger partial charge in [0.05, 0.1) is 0 Å². The molecule has 0 aliphatic carbocycles. The molecule has 0 saturated heterocycles. The zero-order valence-electron chi connectivity index (χ0n) is 20.8. The van der Waals surface area contributed by atoms with Crippen LogP contribution in [0.1, 0.15) is 87.0 Å². The Kier molecular flexibility index (Phi) is 25.1. The van der Waals surface area contributed by atoms with E-state index in [4.69, 9.17) is 8.23 Å². The quantitative estimate of drug-likeness (QED) is 0.291. The molecule has 0 heterocycles. The zero-order chi connectivity index (χ0) is 21.9. The number of rotatable bonds is 10. The summed E-state index contributed by atoms with van der Waals surface area (Å²) in [5, 5.41) is 2.13. The molecule has 7 heteroatoms. The lowest BCUT2D eigenvalue weighted by atomic mass is 10.1. The molecule has 0 N–H and O–H groups in total. The van der Waals surface area contributed by atoms with Crippen LogP contribution in [0.2, 0.25) is 41.5 Å². The highest BCUT2D eigenvalue weighted by Gasteiger charge is 2.23. The molecule has 0 aliphatic rings. The second-order valence-corrected chi connectivity index (χ2v) is 18.3. The second kappa shape index (κ2) is 20.6. The van der Waals surface area contributed by atoms with Crippen molar-refractivity contribution in [3.63, 3.8) is 0 Å². The molecule has 4 radical (unpaired) electrons. The fourth-order valence-corrected chi connectivity index (χ4v) is 9.01. The minimum atomic E-state index is -0.494. The average Bonchev–Trinajstić information content (AvgIpc) is 2.55. The number of hydrogen-bond donors (Lipinski definition) is 0. The summed E-state index contributed by atoms with van der Waals surface area (Å²) in [6.07, 6.45) is 8.51. The predicted molar refractivity (Wildman–Crippen MR) is 138 cm³/mol. The first-order valence-electron chi connectivity index (χ1n) is 11.0. The molecule has 27 heavy (non-hydrogen) atoms. The Labute approximate surface area is 190 Å². The summed E-state index contributed by atoms with van der Waals surface area (Å²) in [5.74, 6) is 0. The van der Waals surface area contributed by atoms with Crippen LogP contribution in [-0.4, -0.2) is 53.9 Å². The highest BCUT2D eigenvalue weighted by Crippen LogP contribution is 2.27. The van der Waals surface area contributed by atoms with Crippen LogP contribution in [0.15, 0.2) is 0 Å². The van der Waals surface area contributed by atoms with Gasteiger partial charge in [-0.1, -0.05) is 100 Å². The van der Waals surface area contributed by atoms with Gasteiger partial charge in [-0.2, -0.15) is 0 Å². The minimum absolute atomic E-state index is 0.168. The normalized spacial score (nSPS) is 12.6. The fraction of sp³-hybridized carbons (Fsp3) is 1.00. The van der Waals surface area contributed by atoms with Gasteiger partial charge < -0.3 is 8.23 Å². The van der Waals surface area contributed by atoms with E-state index in [9.17, 15) is 0 Å². The van der Waals surface area contributed by atoms with Crippen LogP contribution < -0.4 is 0 Å². The standard InChI is InChI=1S/C8H17.2C6H17OSi2.Al/c1-3-5-7-8-6-4-2;2*1-6(2,3)9(5)7-8-4;/h1,3-8H2,2H3;2*8H2,1-5H3;. The average molecular weight is 463 g/mol. The number of hydrogen-bond acceptors (Lipinski definition) is 2. The van der Waals surface area contributed by atoms with Crippen LogP contribution in [0.5, 0.6) is 0 Å². The summed E-state index contributed by atoms with van der Waals surface area (Å²) in [4.78, 5) is 0. The van der Waals surface area contributed by atoms with Crippen LogP contribution >= 0.6 is 0 Å². The van der Waals surface area contributed by atoms with Gasteiger partial charge in [0.15, 0.2) is 18.1 Å². The Morgan fingerprint density at radius 3 is 1.26 bits per heavy atom. The maximum Gasteiger partial charge on any atom is 0.200 e. The highest BCUT2D eigenvalue weighted by atomic mass is 28.3. The third-order valence-corrected chi connectivity index (χ3v) is 14.8. The van der Waals surface area contributed by atoms with E-state index in [1.54, 1.807) is 0 Å². The van der Waals surface area contributed by atoms with E-state index in [0.717, 1.165) is 0 Å². The molecule has 0 spiro atoms. The molecular weight excluding hydrogens is 412 g/mol. The van der Waals surface area contributed by atoms with Crippen molar-refractivity contribution in [2.75, 3.05) is 0 Å². The van der Waals surface area contributed by atoms with Crippen molar-refractivity contribution in [2.24, 2.45) is 0 Å². The highest BCUT2D eigenvalue weighted by molar-refractivity contribution is 6.60. The van der Waals surface area contributed by atoms with Gasteiger partial charge in [-0.3, -0.25) is 0 Å². The molecule has 0 aromatic carbocycles. The van der Waals surface area contributed by atoms with Crippen molar-refractivity contribution in [1.82, 2.24) is 0 Å². The third kappa shape index (κ3) is 27.3. The van der Waals surface area contributed by atoms with E-state index in [0.29, 0.717) is 10.1 Å². The van der Waals surface area contributed by atoms with Crippen molar-refractivity contribution in [3.05, 3.63) is 0 Å². The Hall–Kier alpha value is 1.32. The Bertz CT molecular complexity index is 267. The van der Waals surface area contributed by atoms with Crippen LogP contribution in [0.25, 0.3) is 0 Å². The fourth-order valence-electron chi connectivity index (χ4n) is 1.79. The van der Waals surface area contributed by atoms with Crippen LogP contribution in [-0.2, 0) is 8.23 Å². The van der Waals surface area contributed by atoms with Crippen molar-refractivity contribution in [2.45, 2.75) is 129 Å². The Morgan fingerprint density at radius 2 is 1.04 bits per heavy atom. The van der Waals surface area contributed by atoms with Crippen molar-refractivity contribution >= 4 is 53.9 Å². The van der Waals surface area contributed by atoms with Gasteiger partial charge >= 0.3 is 0 Å². The van der Waals surface area contributed by atoms with Gasteiger partial charge in [0.2, 0.25) is 0 Å². The first kappa shape index (κ1) is 33.0. The Balaban J connectivity index is -0.000000320. The first-order valence-corrected chi connectivity index (χ1v) is 19.6. The van der Waals surface area contributed by atoms with Crippen LogP contribution in [0, 0.1) is 0 Å². The summed E-state index contributed by atoms with van der Waals surface area (Å²) in [5.41, 5.74) is 0. The van der Waals surface area contributed by atoms with Gasteiger partial charge in [0.25, 0.3) is 0 Å². The van der Waals surface area contributed by atoms with E-state index in [-0.39, 0.29) is 19.5 Å². The molecular formula is C20H51AlO2Si4. The largest absolute Gasteiger partial charge is 0.461 e. The van der Waals surface area contributed by atoms with E-state index >= 15 is 0 Å². The molecule has 0 bridgehead atoms. The van der Waals surface area contributed by atoms with Crippen molar-refractivity contribution in [3.8, 4) is 0 Å². The van der Waals surface area contributed by atoms with Gasteiger partial charge in [-0.15, -0.1) is 5.28 Å². The molecule has 0 unspecified atom stereocenters. The van der Waals surface area contributed by atoms with Gasteiger partial charge in [-0.25, -0.2) is 0 Å². The molecule has 0 atom stereocenters. The SMILES string of the molecule is CCCCCCC[CH2][Al].C[SiH2]O[Si](C)C(C)(C)C.C[SiH2]O[Si](C)C(C)(C)C. The van der Waals surface area contributed by atoms with Gasteiger partial charge in [0, 0.05) is 0 Å². The van der Waals surface area contributed by atoms with E-state index in [1.807, 2.05) is 0 Å². The van der Waals surface area contributed by atoms with E-state index in [1.165, 1.54) is 43.8 Å². The molecule has 162 valence electrons. The van der Waals surface area contributed by atoms with E-state index in [2.05, 4.69) is 90.9 Å². The lowest BCUT2D eigenvalue weighted by Gasteiger charge is -2.24. The molecule has 0 amide bonds. The molecule has 0 rings (SSSR count). The summed E-state index contributed by atoms with van der Waals surface area (Å²) in [6.45, 7) is 24.7. The summed E-state index contributed by atoms with van der Waals surface area (Å²) >= 11 is 2.78. The van der Waals surface area contributed by atoms with Gasteiger partial charge in [0.1, 0.15) is 35.8 Å². The molecule has 0 fully saturated rings. The maximum atomic E-state index is 5.65. The molecule has 0 aliphatic heterocycles. The summed E-state index contributed by atoms with van der Waals surface area (Å²) < 4.78 is 11.3. The summed E-state index contributed by atoms with van der Waals surface area (Å²) in [6, 6.07) is 0. The zero-order valence-corrected chi connectivity index (χ0v) is 26.7. The van der Waals surface area contributed by atoms with Crippen molar-refractivity contribution < 1.29 is 8.23 Å². The second-order valence-electron chi connectivity index (χ2n) is 9.03.